The minimum absolute atomic E-state index is 0.291. The van der Waals surface area contributed by atoms with Crippen LogP contribution in [0.25, 0.3) is 5.69 Å². The van der Waals surface area contributed by atoms with Crippen molar-refractivity contribution >= 4 is 11.8 Å². The maximum Gasteiger partial charge on any atom is 0.338 e. The Hall–Kier alpha value is -3.75. The molecule has 142 valence electrons. The van der Waals surface area contributed by atoms with Crippen LogP contribution in [0.15, 0.2) is 48.8 Å². The van der Waals surface area contributed by atoms with E-state index in [9.17, 15) is 9.59 Å². The predicted molar refractivity (Wildman–Crippen MR) is 95.8 cm³/mol. The average molecular weight is 380 g/mol. The molecule has 0 radical (unpaired) electrons. The number of ether oxygens (including phenoxy) is 3. The molecule has 0 amide bonds. The molecule has 3 aromatic rings. The first kappa shape index (κ1) is 17.7. The van der Waals surface area contributed by atoms with E-state index < -0.39 is 5.97 Å². The van der Waals surface area contributed by atoms with E-state index >= 15 is 0 Å². The largest absolute Gasteiger partial charge is 0.490 e. The maximum absolute atomic E-state index is 12.4. The number of ketones is 1. The number of fused-ring (bicyclic) bond motifs is 1. The third-order valence-electron chi connectivity index (χ3n) is 4.10. The second-order valence-corrected chi connectivity index (χ2v) is 6.02. The van der Waals surface area contributed by atoms with Crippen LogP contribution in [0.3, 0.4) is 0 Å². The summed E-state index contributed by atoms with van der Waals surface area (Å²) in [5.74, 6) is 0.174. The highest BCUT2D eigenvalue weighted by Gasteiger charge is 2.16. The van der Waals surface area contributed by atoms with Crippen LogP contribution in [0.5, 0.6) is 11.5 Å². The van der Waals surface area contributed by atoms with Crippen molar-refractivity contribution in [2.45, 2.75) is 6.42 Å². The van der Waals surface area contributed by atoms with E-state index in [1.54, 1.807) is 42.5 Å². The third kappa shape index (κ3) is 3.83. The lowest BCUT2D eigenvalue weighted by molar-refractivity contribution is 0.0474. The first-order valence-corrected chi connectivity index (χ1v) is 8.64. The number of rotatable bonds is 5. The molecule has 0 spiro atoms. The molecule has 9 nitrogen and oxygen atoms in total. The van der Waals surface area contributed by atoms with Gasteiger partial charge in [-0.1, -0.05) is 6.07 Å². The molecule has 1 aliphatic heterocycles. The highest BCUT2D eigenvalue weighted by molar-refractivity contribution is 5.99. The molecule has 9 heteroatoms. The molecule has 1 aliphatic rings. The number of carbonyl (C=O) groups excluding carboxylic acids is 2. The van der Waals surface area contributed by atoms with Gasteiger partial charge in [0, 0.05) is 12.0 Å². The van der Waals surface area contributed by atoms with E-state index in [0.717, 1.165) is 6.42 Å². The maximum atomic E-state index is 12.4. The Morgan fingerprint density at radius 3 is 2.71 bits per heavy atom. The van der Waals surface area contributed by atoms with Gasteiger partial charge in [0.2, 0.25) is 0 Å². The van der Waals surface area contributed by atoms with E-state index in [0.29, 0.717) is 41.5 Å². The van der Waals surface area contributed by atoms with E-state index in [4.69, 9.17) is 14.2 Å². The van der Waals surface area contributed by atoms with Crippen LogP contribution in [0, 0.1) is 0 Å². The van der Waals surface area contributed by atoms with Gasteiger partial charge in [0.05, 0.1) is 24.5 Å². The van der Waals surface area contributed by atoms with Crippen molar-refractivity contribution in [3.8, 4) is 17.2 Å². The topological polar surface area (TPSA) is 105 Å². The summed E-state index contributed by atoms with van der Waals surface area (Å²) in [6.45, 7) is 0.715. The Morgan fingerprint density at radius 2 is 1.89 bits per heavy atom. The van der Waals surface area contributed by atoms with Gasteiger partial charge in [-0.15, -0.1) is 5.10 Å². The molecule has 1 aromatic heterocycles. The van der Waals surface area contributed by atoms with Crippen molar-refractivity contribution < 1.29 is 23.8 Å². The fourth-order valence-electron chi connectivity index (χ4n) is 2.69. The fourth-order valence-corrected chi connectivity index (χ4v) is 2.69. The molecule has 0 atom stereocenters. The van der Waals surface area contributed by atoms with Crippen LogP contribution in [0.1, 0.15) is 27.1 Å². The van der Waals surface area contributed by atoms with E-state index in [1.807, 2.05) is 0 Å². The summed E-state index contributed by atoms with van der Waals surface area (Å²) in [5.41, 5.74) is 1.28. The smallest absolute Gasteiger partial charge is 0.338 e. The summed E-state index contributed by atoms with van der Waals surface area (Å²) in [5, 5.41) is 10.9. The van der Waals surface area contributed by atoms with Gasteiger partial charge in [-0.2, -0.15) is 0 Å². The normalized spacial score (nSPS) is 12.9. The van der Waals surface area contributed by atoms with Gasteiger partial charge in [-0.05, 0) is 46.8 Å². The van der Waals surface area contributed by atoms with Gasteiger partial charge in [-0.3, -0.25) is 4.79 Å². The standard InChI is InChI=1S/C19H16N4O5/c24-16(13-5-6-17-18(10-13)27-8-2-7-26-17)11-28-19(25)14-3-1-4-15(9-14)23-12-20-21-22-23/h1,3-6,9-10,12H,2,7-8,11H2. The van der Waals surface area contributed by atoms with Crippen LogP contribution in [-0.4, -0.2) is 51.8 Å². The molecular formula is C19H16N4O5. The van der Waals surface area contributed by atoms with Gasteiger partial charge in [0.15, 0.2) is 23.9 Å². The number of hydrogen-bond donors (Lipinski definition) is 0. The first-order valence-electron chi connectivity index (χ1n) is 8.64. The molecular weight excluding hydrogens is 364 g/mol. The monoisotopic (exact) mass is 380 g/mol. The molecule has 0 fully saturated rings. The van der Waals surface area contributed by atoms with Crippen molar-refractivity contribution in [3.63, 3.8) is 0 Å². The van der Waals surface area contributed by atoms with E-state index in [2.05, 4.69) is 15.5 Å². The van der Waals surface area contributed by atoms with Crippen molar-refractivity contribution in [3.05, 3.63) is 59.9 Å². The van der Waals surface area contributed by atoms with E-state index in [-0.39, 0.29) is 12.4 Å². The summed E-state index contributed by atoms with van der Waals surface area (Å²) >= 11 is 0. The van der Waals surface area contributed by atoms with E-state index in [1.165, 1.54) is 11.0 Å². The van der Waals surface area contributed by atoms with Gasteiger partial charge >= 0.3 is 5.97 Å². The van der Waals surface area contributed by atoms with Crippen molar-refractivity contribution in [1.29, 1.82) is 0 Å². The Bertz CT molecular complexity index is 1000. The summed E-state index contributed by atoms with van der Waals surface area (Å²) < 4.78 is 17.7. The van der Waals surface area contributed by atoms with Gasteiger partial charge in [0.1, 0.15) is 6.33 Å². The fraction of sp³-hybridized carbons (Fsp3) is 0.211. The summed E-state index contributed by atoms with van der Waals surface area (Å²) in [6, 6.07) is 11.5. The van der Waals surface area contributed by atoms with Gasteiger partial charge in [-0.25, -0.2) is 9.48 Å². The number of Topliss-reactive ketones (excluding diaryl/α,β-unsaturated/α-hetero) is 1. The molecule has 0 bridgehead atoms. The van der Waals surface area contributed by atoms with Crippen molar-refractivity contribution in [2.24, 2.45) is 0 Å². The molecule has 4 rings (SSSR count). The van der Waals surface area contributed by atoms with Gasteiger partial charge in [0.25, 0.3) is 0 Å². The summed E-state index contributed by atoms with van der Waals surface area (Å²) in [4.78, 5) is 24.7. The molecule has 2 aromatic carbocycles. The number of hydrogen-bond acceptors (Lipinski definition) is 8. The zero-order chi connectivity index (χ0) is 19.3. The molecule has 2 heterocycles. The van der Waals surface area contributed by atoms with Crippen LogP contribution < -0.4 is 9.47 Å². The van der Waals surface area contributed by atoms with Crippen LogP contribution in [0.4, 0.5) is 0 Å². The molecule has 0 saturated carbocycles. The highest BCUT2D eigenvalue weighted by atomic mass is 16.5. The van der Waals surface area contributed by atoms with Gasteiger partial charge < -0.3 is 14.2 Å². The van der Waals surface area contributed by atoms with Crippen LogP contribution in [0.2, 0.25) is 0 Å². The number of nitrogens with zero attached hydrogens (tertiary/aromatic N) is 4. The summed E-state index contributed by atoms with van der Waals surface area (Å²) in [7, 11) is 0. The molecule has 0 unspecified atom stereocenters. The number of tetrazole rings is 1. The zero-order valence-electron chi connectivity index (χ0n) is 14.8. The lowest BCUT2D eigenvalue weighted by atomic mass is 10.1. The SMILES string of the molecule is O=C(COC(=O)c1cccc(-n2cnnn2)c1)c1ccc2c(c1)OCCCO2. The minimum Gasteiger partial charge on any atom is -0.490 e. The second-order valence-electron chi connectivity index (χ2n) is 6.02. The molecule has 0 aliphatic carbocycles. The quantitative estimate of drug-likeness (QED) is 0.488. The molecule has 28 heavy (non-hydrogen) atoms. The van der Waals surface area contributed by atoms with Crippen LogP contribution in [-0.2, 0) is 4.74 Å². The second kappa shape index (κ2) is 7.87. The number of aromatic nitrogens is 4. The third-order valence-corrected chi connectivity index (χ3v) is 4.10. The Labute approximate surface area is 159 Å². The molecule has 0 saturated heterocycles. The first-order chi connectivity index (χ1) is 13.7. The summed E-state index contributed by atoms with van der Waals surface area (Å²) in [6.07, 6.45) is 2.19. The number of benzene rings is 2. The number of carbonyl (C=O) groups is 2. The predicted octanol–water partition coefficient (Wildman–Crippen LogP) is 1.86. The average Bonchev–Trinajstić information content (AvgIpc) is 3.17. The Morgan fingerprint density at radius 1 is 1.04 bits per heavy atom. The highest BCUT2D eigenvalue weighted by Crippen LogP contribution is 2.30. The zero-order valence-corrected chi connectivity index (χ0v) is 14.8. The molecule has 0 N–H and O–H groups in total. The minimum atomic E-state index is -0.613. The Kier molecular flexibility index (Phi) is 4.96. The Balaban J connectivity index is 1.42. The van der Waals surface area contributed by atoms with Crippen LogP contribution >= 0.6 is 0 Å². The van der Waals surface area contributed by atoms with Crippen molar-refractivity contribution in [2.75, 3.05) is 19.8 Å². The lowest BCUT2D eigenvalue weighted by Gasteiger charge is -2.09. The van der Waals surface area contributed by atoms with Crippen molar-refractivity contribution in [1.82, 2.24) is 20.2 Å². The number of esters is 1. The lowest BCUT2D eigenvalue weighted by Crippen LogP contribution is -2.14.